The molecule has 16 heavy (non-hydrogen) atoms. The average Bonchev–Trinajstić information content (AvgIpc) is 2.35. The van der Waals surface area contributed by atoms with Crippen molar-refractivity contribution < 1.29 is 19.1 Å². The van der Waals surface area contributed by atoms with Crippen molar-refractivity contribution in [3.63, 3.8) is 0 Å². The van der Waals surface area contributed by atoms with Crippen LogP contribution in [0.3, 0.4) is 0 Å². The SMILES string of the molecule is COC(=O)/C=C(/C(=O)OC)C1=CCCCC1. The van der Waals surface area contributed by atoms with E-state index in [0.29, 0.717) is 5.57 Å². The van der Waals surface area contributed by atoms with E-state index in [-0.39, 0.29) is 0 Å². The van der Waals surface area contributed by atoms with Gasteiger partial charge in [-0.1, -0.05) is 6.08 Å². The summed E-state index contributed by atoms with van der Waals surface area (Å²) in [5.74, 6) is -1.02. The van der Waals surface area contributed by atoms with E-state index in [9.17, 15) is 9.59 Å². The molecule has 0 amide bonds. The summed E-state index contributed by atoms with van der Waals surface area (Å²) in [4.78, 5) is 22.7. The van der Waals surface area contributed by atoms with Crippen LogP contribution in [0.25, 0.3) is 0 Å². The van der Waals surface area contributed by atoms with Crippen molar-refractivity contribution in [1.82, 2.24) is 0 Å². The molecule has 0 aromatic rings. The molecule has 0 N–H and O–H groups in total. The van der Waals surface area contributed by atoms with Crippen molar-refractivity contribution >= 4 is 11.9 Å². The maximum Gasteiger partial charge on any atom is 0.338 e. The number of hydrogen-bond acceptors (Lipinski definition) is 4. The number of methoxy groups -OCH3 is 2. The van der Waals surface area contributed by atoms with Crippen LogP contribution in [0.5, 0.6) is 0 Å². The molecule has 4 nitrogen and oxygen atoms in total. The summed E-state index contributed by atoms with van der Waals surface area (Å²) in [5, 5.41) is 0. The van der Waals surface area contributed by atoms with Gasteiger partial charge in [0.2, 0.25) is 0 Å². The number of esters is 2. The Morgan fingerprint density at radius 1 is 1.25 bits per heavy atom. The molecule has 0 unspecified atom stereocenters. The van der Waals surface area contributed by atoms with Gasteiger partial charge in [0.1, 0.15) is 0 Å². The van der Waals surface area contributed by atoms with E-state index in [0.717, 1.165) is 31.3 Å². The lowest BCUT2D eigenvalue weighted by Gasteiger charge is -2.14. The molecule has 0 aromatic heterocycles. The number of carbonyl (C=O) groups excluding carboxylic acids is 2. The molecular formula is C12H16O4. The fourth-order valence-corrected chi connectivity index (χ4v) is 1.65. The van der Waals surface area contributed by atoms with E-state index in [1.807, 2.05) is 6.08 Å². The van der Waals surface area contributed by atoms with Crippen molar-refractivity contribution in [3.05, 3.63) is 23.3 Å². The number of rotatable bonds is 3. The van der Waals surface area contributed by atoms with Crippen LogP contribution in [0.1, 0.15) is 25.7 Å². The third kappa shape index (κ3) is 3.22. The zero-order valence-electron chi connectivity index (χ0n) is 9.62. The number of allylic oxidation sites excluding steroid dienone is 1. The summed E-state index contributed by atoms with van der Waals surface area (Å²) < 4.78 is 9.17. The first kappa shape index (κ1) is 12.5. The molecule has 0 radical (unpaired) electrons. The normalized spacial score (nSPS) is 16.4. The van der Waals surface area contributed by atoms with E-state index >= 15 is 0 Å². The highest BCUT2D eigenvalue weighted by Crippen LogP contribution is 2.24. The molecule has 0 bridgehead atoms. The molecule has 0 fully saturated rings. The predicted octanol–water partition coefficient (Wildman–Crippen LogP) is 1.76. The molecule has 0 saturated heterocycles. The van der Waals surface area contributed by atoms with Gasteiger partial charge in [0.25, 0.3) is 0 Å². The topological polar surface area (TPSA) is 52.6 Å². The number of hydrogen-bond donors (Lipinski definition) is 0. The van der Waals surface area contributed by atoms with Crippen molar-refractivity contribution in [2.24, 2.45) is 0 Å². The summed E-state index contributed by atoms with van der Waals surface area (Å²) in [6.07, 6.45) is 7.07. The molecule has 0 saturated carbocycles. The first-order valence-corrected chi connectivity index (χ1v) is 5.26. The van der Waals surface area contributed by atoms with Gasteiger partial charge in [-0.2, -0.15) is 0 Å². The van der Waals surface area contributed by atoms with Gasteiger partial charge >= 0.3 is 11.9 Å². The highest BCUT2D eigenvalue weighted by Gasteiger charge is 2.18. The van der Waals surface area contributed by atoms with Gasteiger partial charge in [-0.15, -0.1) is 0 Å². The summed E-state index contributed by atoms with van der Waals surface area (Å²) in [6, 6.07) is 0. The van der Waals surface area contributed by atoms with Gasteiger partial charge in [-0.05, 0) is 31.3 Å². The lowest BCUT2D eigenvalue weighted by molar-refractivity contribution is -0.138. The Kier molecular flexibility index (Phi) is 4.76. The van der Waals surface area contributed by atoms with Gasteiger partial charge in [0, 0.05) is 6.08 Å². The molecule has 1 aliphatic carbocycles. The zero-order valence-corrected chi connectivity index (χ0v) is 9.62. The Bertz CT molecular complexity index is 339. The minimum absolute atomic E-state index is 0.314. The maximum atomic E-state index is 11.5. The average molecular weight is 224 g/mol. The fourth-order valence-electron chi connectivity index (χ4n) is 1.65. The van der Waals surface area contributed by atoms with Gasteiger partial charge in [-0.25, -0.2) is 9.59 Å². The molecule has 88 valence electrons. The van der Waals surface area contributed by atoms with Gasteiger partial charge in [-0.3, -0.25) is 0 Å². The Labute approximate surface area is 94.9 Å². The second kappa shape index (κ2) is 6.10. The van der Waals surface area contributed by atoms with E-state index in [2.05, 4.69) is 9.47 Å². The van der Waals surface area contributed by atoms with Crippen LogP contribution >= 0.6 is 0 Å². The smallest absolute Gasteiger partial charge is 0.338 e. The lowest BCUT2D eigenvalue weighted by Crippen LogP contribution is -2.11. The largest absolute Gasteiger partial charge is 0.466 e. The minimum Gasteiger partial charge on any atom is -0.466 e. The van der Waals surface area contributed by atoms with E-state index in [1.54, 1.807) is 0 Å². The summed E-state index contributed by atoms with van der Waals surface area (Å²) in [7, 11) is 2.58. The van der Waals surface area contributed by atoms with Crippen molar-refractivity contribution in [1.29, 1.82) is 0 Å². The van der Waals surface area contributed by atoms with Crippen LogP contribution in [0.4, 0.5) is 0 Å². The molecule has 0 heterocycles. The molecule has 0 aromatic carbocycles. The third-order valence-corrected chi connectivity index (χ3v) is 2.51. The second-order valence-corrected chi connectivity index (χ2v) is 3.55. The van der Waals surface area contributed by atoms with E-state index < -0.39 is 11.9 Å². The highest BCUT2D eigenvalue weighted by atomic mass is 16.5. The van der Waals surface area contributed by atoms with Crippen LogP contribution in [-0.4, -0.2) is 26.2 Å². The first-order valence-electron chi connectivity index (χ1n) is 5.26. The monoisotopic (exact) mass is 224 g/mol. The highest BCUT2D eigenvalue weighted by molar-refractivity contribution is 6.00. The van der Waals surface area contributed by atoms with Gasteiger partial charge in [0.15, 0.2) is 0 Å². The van der Waals surface area contributed by atoms with Crippen molar-refractivity contribution in [2.75, 3.05) is 14.2 Å². The van der Waals surface area contributed by atoms with Crippen molar-refractivity contribution in [3.8, 4) is 0 Å². The minimum atomic E-state index is -0.535. The zero-order chi connectivity index (χ0) is 12.0. The summed E-state index contributed by atoms with van der Waals surface area (Å²) >= 11 is 0. The Morgan fingerprint density at radius 2 is 2.00 bits per heavy atom. The van der Waals surface area contributed by atoms with Crippen LogP contribution in [0.15, 0.2) is 23.3 Å². The predicted molar refractivity (Wildman–Crippen MR) is 58.7 cm³/mol. The number of ether oxygens (including phenoxy) is 2. The molecular weight excluding hydrogens is 208 g/mol. The summed E-state index contributed by atoms with van der Waals surface area (Å²) in [5.41, 5.74) is 1.19. The van der Waals surface area contributed by atoms with Crippen LogP contribution in [-0.2, 0) is 19.1 Å². The molecule has 1 aliphatic rings. The Hall–Kier alpha value is -1.58. The third-order valence-electron chi connectivity index (χ3n) is 2.51. The molecule has 0 spiro atoms. The van der Waals surface area contributed by atoms with Gasteiger partial charge in [0.05, 0.1) is 19.8 Å². The molecule has 0 aliphatic heterocycles. The Balaban J connectivity index is 2.95. The standard InChI is InChI=1S/C12H16O4/c1-15-11(13)8-10(12(14)16-2)9-6-4-3-5-7-9/h6,8H,3-5,7H2,1-2H3/b10-8+. The quantitative estimate of drug-likeness (QED) is 0.541. The molecule has 4 heteroatoms. The molecule has 1 rings (SSSR count). The van der Waals surface area contributed by atoms with Gasteiger partial charge < -0.3 is 9.47 Å². The van der Waals surface area contributed by atoms with Crippen LogP contribution < -0.4 is 0 Å². The number of carbonyl (C=O) groups is 2. The Morgan fingerprint density at radius 3 is 2.50 bits per heavy atom. The van der Waals surface area contributed by atoms with Crippen molar-refractivity contribution in [2.45, 2.75) is 25.7 Å². The fraction of sp³-hybridized carbons (Fsp3) is 0.500. The van der Waals surface area contributed by atoms with E-state index in [4.69, 9.17) is 0 Å². The summed E-state index contributed by atoms with van der Waals surface area (Å²) in [6.45, 7) is 0. The lowest BCUT2D eigenvalue weighted by atomic mass is 9.93. The first-order chi connectivity index (χ1) is 7.69. The molecule has 0 atom stereocenters. The van der Waals surface area contributed by atoms with E-state index in [1.165, 1.54) is 20.3 Å². The maximum absolute atomic E-state index is 11.5. The second-order valence-electron chi connectivity index (χ2n) is 3.55. The van der Waals surface area contributed by atoms with Crippen LogP contribution in [0, 0.1) is 0 Å². The van der Waals surface area contributed by atoms with Crippen LogP contribution in [0.2, 0.25) is 0 Å².